The number of aliphatic hydroxyl groups excluding tert-OH is 3. The summed E-state index contributed by atoms with van der Waals surface area (Å²) in [5, 5.41) is 40.6. The maximum Gasteiger partial charge on any atom is 0.481 e. The van der Waals surface area contributed by atoms with Crippen LogP contribution in [0.4, 0.5) is 5.82 Å². The zero-order valence-electron chi connectivity index (χ0n) is 48.4. The van der Waals surface area contributed by atoms with Crippen molar-refractivity contribution in [3.05, 3.63) is 108 Å². The third-order valence-electron chi connectivity index (χ3n) is 12.7. The lowest BCUT2D eigenvalue weighted by Gasteiger charge is -2.23. The van der Waals surface area contributed by atoms with Crippen molar-refractivity contribution in [1.82, 2.24) is 9.55 Å². The highest BCUT2D eigenvalue weighted by molar-refractivity contribution is 8.00. The van der Waals surface area contributed by atoms with Crippen LogP contribution in [0.5, 0.6) is 0 Å². The van der Waals surface area contributed by atoms with E-state index < -0.39 is 107 Å². The van der Waals surface area contributed by atoms with Crippen molar-refractivity contribution in [3.8, 4) is 0 Å². The van der Waals surface area contributed by atoms with Crippen LogP contribution < -0.4 is 17.2 Å². The molecule has 10 atom stereocenters. The number of rotatable bonds is 48. The molecule has 0 aromatic carbocycles. The van der Waals surface area contributed by atoms with Crippen molar-refractivity contribution in [3.63, 3.8) is 0 Å². The summed E-state index contributed by atoms with van der Waals surface area (Å²) in [6.07, 6.45) is 39.7. The van der Waals surface area contributed by atoms with Crippen molar-refractivity contribution in [2.75, 3.05) is 31.3 Å². The molecule has 2 rings (SSSR count). The number of aromatic nitrogens is 2. The van der Waals surface area contributed by atoms with Gasteiger partial charge in [0.15, 0.2) is 12.3 Å². The number of hydrogen-bond acceptors (Lipinski definition) is 19. The van der Waals surface area contributed by atoms with Gasteiger partial charge in [-0.3, -0.25) is 28.0 Å². The van der Waals surface area contributed by atoms with Gasteiger partial charge in [-0.05, 0) is 83.1 Å². The van der Waals surface area contributed by atoms with Crippen LogP contribution >= 0.6 is 27.4 Å². The van der Waals surface area contributed by atoms with Crippen LogP contribution in [0.25, 0.3) is 0 Å². The molecule has 0 saturated carbocycles. The van der Waals surface area contributed by atoms with E-state index in [4.69, 9.17) is 39.8 Å². The van der Waals surface area contributed by atoms with Gasteiger partial charge in [-0.2, -0.15) is 9.29 Å². The topological polar surface area (TPSA) is 349 Å². The second-order valence-corrected chi connectivity index (χ2v) is 24.2. The lowest BCUT2D eigenvalue weighted by atomic mass is 10.1. The number of allylic oxidation sites excluding steroid dienone is 13. The van der Waals surface area contributed by atoms with E-state index in [1.807, 2.05) is 18.2 Å². The van der Waals surface area contributed by atoms with Gasteiger partial charge in [-0.15, -0.1) is 11.8 Å². The number of carbonyl (C=O) groups is 3. The second kappa shape index (κ2) is 45.1. The number of carboxylic acids is 1. The van der Waals surface area contributed by atoms with Crippen LogP contribution in [0.1, 0.15) is 168 Å². The smallest absolute Gasteiger partial charge is 0.481 e. The summed E-state index contributed by atoms with van der Waals surface area (Å²) < 4.78 is 57.1. The number of carbonyl (C=O) groups excluding carboxylic acids is 2. The largest absolute Gasteiger partial charge is 0.481 e. The van der Waals surface area contributed by atoms with Gasteiger partial charge < -0.3 is 55.9 Å². The molecule has 0 aliphatic carbocycles. The number of anilines is 1. The summed E-state index contributed by atoms with van der Waals surface area (Å²) in [6, 6.07) is -0.0819. The standard InChI is InChI=1S/C58H94N4O18P2S/c1-3-5-7-9-11-13-15-17-18-19-20-21-22-23-24-26-28-30-32-34-39-53(66)78-46(43-76-81(71,72)80-82(73,74)77-44-49-54(67)55(68)56(79-49)62-41-40-51(60)61-58(62)70)42-75-57(69)47(59)45-83-50(48(63)36-35-38-52(64)65)37-33-31-29-27-25-16-14-12-10-8-6-4-2/h12-15,18-19,21-22,25,27,29,31,33,37,40-41,46-50,54-56,63,67-68H,3-11,16-17,20,23-24,26,28,30,32,34-36,38-39,42-45,59H2,1-2H3,(H,64,65)(H,71,72)(H,73,74)(H2,60,61,70)/b14-12-,15-13-,19-18-,22-21-,27-25-,31-29+,37-33+/t46-,47+,48+,49-,50-,54-,55-,56-/m1/s1. The van der Waals surface area contributed by atoms with Crippen molar-refractivity contribution >= 4 is 51.1 Å². The van der Waals surface area contributed by atoms with Gasteiger partial charge in [0.25, 0.3) is 0 Å². The minimum absolute atomic E-state index is 0.0710. The molecular weight excluding hydrogens is 1130 g/mol. The molecule has 470 valence electrons. The Bertz CT molecular complexity index is 2370. The van der Waals surface area contributed by atoms with E-state index in [1.54, 1.807) is 18.2 Å². The zero-order valence-corrected chi connectivity index (χ0v) is 51.0. The van der Waals surface area contributed by atoms with Crippen molar-refractivity contribution in [1.29, 1.82) is 0 Å². The van der Waals surface area contributed by atoms with E-state index in [2.05, 4.69) is 71.8 Å². The average Bonchev–Trinajstić information content (AvgIpc) is 3.13. The molecule has 83 heavy (non-hydrogen) atoms. The number of nitrogens with zero attached hydrogens (tertiary/aromatic N) is 2. The third kappa shape index (κ3) is 36.3. The van der Waals surface area contributed by atoms with E-state index in [-0.39, 0.29) is 37.3 Å². The number of unbranched alkanes of at least 4 members (excludes halogenated alkanes) is 13. The quantitative estimate of drug-likeness (QED) is 0.00988. The first kappa shape index (κ1) is 74.8. The molecule has 0 spiro atoms. The SMILES string of the molecule is CCCCC/C=C\C\C=C/C=C/C=C/[C@@H](SC[C@H](N)C(=O)OC[C@H](COP(=O)(O)OP(=O)(O)OC[C@H]1O[C@@H](n2ccc(N)nc2=O)[C@H](O)[C@@H]1O)OC(=O)CCCCCCCC/C=C\C/C=C\C/C=C\CCCCCC)[C@@H](O)CCCC(=O)O. The van der Waals surface area contributed by atoms with Gasteiger partial charge in [0.05, 0.1) is 19.3 Å². The fourth-order valence-electron chi connectivity index (χ4n) is 8.06. The zero-order chi connectivity index (χ0) is 61.1. The number of esters is 2. The average molecular weight is 1230 g/mol. The summed E-state index contributed by atoms with van der Waals surface area (Å²) >= 11 is 1.12. The first-order valence-electron chi connectivity index (χ1n) is 29.0. The monoisotopic (exact) mass is 1230 g/mol. The Labute approximate surface area is 494 Å². The van der Waals surface area contributed by atoms with E-state index in [9.17, 15) is 53.4 Å². The molecule has 10 N–H and O–H groups in total. The van der Waals surface area contributed by atoms with Crippen LogP contribution in [0.2, 0.25) is 0 Å². The molecule has 22 nitrogen and oxygen atoms in total. The minimum atomic E-state index is -5.57. The highest BCUT2D eigenvalue weighted by Crippen LogP contribution is 2.60. The van der Waals surface area contributed by atoms with E-state index in [1.165, 1.54) is 44.6 Å². The molecule has 25 heteroatoms. The fraction of sp³-hybridized carbons (Fsp3) is 0.638. The van der Waals surface area contributed by atoms with Crippen LogP contribution in [0, 0.1) is 0 Å². The number of thioether (sulfide) groups is 1. The Balaban J connectivity index is 2.01. The summed E-state index contributed by atoms with van der Waals surface area (Å²) in [4.78, 5) is 74.2. The molecule has 1 aromatic heterocycles. The predicted molar refractivity (Wildman–Crippen MR) is 322 cm³/mol. The Hall–Kier alpha value is -4.32. The number of phosphoric acid groups is 2. The molecule has 0 bridgehead atoms. The molecule has 1 aliphatic rings. The van der Waals surface area contributed by atoms with Crippen LogP contribution in [0.15, 0.2) is 102 Å². The molecular formula is C58H94N4O18P2S. The molecule has 0 radical (unpaired) electrons. The number of aliphatic carboxylic acids is 1. The van der Waals surface area contributed by atoms with E-state index >= 15 is 0 Å². The number of aliphatic hydroxyl groups is 3. The third-order valence-corrected chi connectivity index (χ3v) is 16.7. The number of phosphoric ester groups is 2. The van der Waals surface area contributed by atoms with Gasteiger partial charge in [-0.1, -0.05) is 157 Å². The predicted octanol–water partition coefficient (Wildman–Crippen LogP) is 9.93. The number of nitrogens with two attached hydrogens (primary N) is 2. The Morgan fingerprint density at radius 2 is 1.31 bits per heavy atom. The molecule has 1 fully saturated rings. The van der Waals surface area contributed by atoms with Crippen LogP contribution in [0.3, 0.4) is 0 Å². The van der Waals surface area contributed by atoms with E-state index in [0.29, 0.717) is 12.8 Å². The number of hydrogen-bond donors (Lipinski definition) is 8. The van der Waals surface area contributed by atoms with Gasteiger partial charge in [0.1, 0.15) is 36.8 Å². The van der Waals surface area contributed by atoms with Gasteiger partial charge in [0.2, 0.25) is 0 Å². The minimum Gasteiger partial charge on any atom is -0.481 e. The maximum atomic E-state index is 13.2. The van der Waals surface area contributed by atoms with Gasteiger partial charge >= 0.3 is 39.2 Å². The van der Waals surface area contributed by atoms with Crippen LogP contribution in [-0.2, 0) is 51.1 Å². The van der Waals surface area contributed by atoms with Gasteiger partial charge in [0, 0.05) is 30.0 Å². The summed E-state index contributed by atoms with van der Waals surface area (Å²) in [7, 11) is -11.1. The van der Waals surface area contributed by atoms with E-state index in [0.717, 1.165) is 93.2 Å². The molecule has 1 aromatic rings. The molecule has 0 amide bonds. The second-order valence-electron chi connectivity index (χ2n) is 20.0. The first-order valence-corrected chi connectivity index (χ1v) is 33.1. The van der Waals surface area contributed by atoms with Gasteiger partial charge in [-0.25, -0.2) is 13.9 Å². The lowest BCUT2D eigenvalue weighted by molar-refractivity contribution is -0.161. The Morgan fingerprint density at radius 1 is 0.747 bits per heavy atom. The van der Waals surface area contributed by atoms with Crippen molar-refractivity contribution < 1.29 is 81.3 Å². The number of nitrogen functional groups attached to an aromatic ring is 1. The molecule has 1 saturated heterocycles. The summed E-state index contributed by atoms with van der Waals surface area (Å²) in [5.74, 6) is -2.98. The molecule has 2 heterocycles. The molecule has 2 unspecified atom stereocenters. The lowest BCUT2D eigenvalue weighted by Crippen LogP contribution is -2.38. The van der Waals surface area contributed by atoms with Crippen molar-refractivity contribution in [2.24, 2.45) is 5.73 Å². The highest BCUT2D eigenvalue weighted by Gasteiger charge is 2.46. The normalized spacial score (nSPS) is 19.9. The molecule has 1 aliphatic heterocycles. The highest BCUT2D eigenvalue weighted by atomic mass is 32.2. The summed E-state index contributed by atoms with van der Waals surface area (Å²) in [5.41, 5.74) is 10.8. The fourth-order valence-corrected chi connectivity index (χ4v) is 11.3. The van der Waals surface area contributed by atoms with Crippen molar-refractivity contribution in [2.45, 2.75) is 210 Å². The summed E-state index contributed by atoms with van der Waals surface area (Å²) in [6.45, 7) is 1.61. The number of ether oxygens (including phenoxy) is 3. The van der Waals surface area contributed by atoms with Crippen LogP contribution in [-0.4, -0.2) is 125 Å². The number of carboxylic acid groups (broad SMARTS) is 1. The first-order chi connectivity index (χ1) is 39.8. The Kier molecular flexibility index (Phi) is 40.6. The Morgan fingerprint density at radius 3 is 1.95 bits per heavy atom. The maximum absolute atomic E-state index is 13.2.